The number of aryl methyl sites for hydroxylation is 1. The molecule has 1 N–H and O–H groups in total. The zero-order valence-electron chi connectivity index (χ0n) is 9.04. The summed E-state index contributed by atoms with van der Waals surface area (Å²) in [7, 11) is 1.72. The Hall–Kier alpha value is -1.98. The number of hydrogen-bond donors (Lipinski definition) is 1. The lowest BCUT2D eigenvalue weighted by Gasteiger charge is -2.09. The number of halogens is 3. The molecule has 0 amide bonds. The molecule has 0 aliphatic rings. The van der Waals surface area contributed by atoms with Gasteiger partial charge >= 0.3 is 0 Å². The van der Waals surface area contributed by atoms with Crippen LogP contribution in [0.25, 0.3) is 0 Å². The van der Waals surface area contributed by atoms with E-state index in [9.17, 15) is 13.2 Å². The molecule has 0 aliphatic carbocycles. The molecular weight excluding hydrogens is 231 g/mol. The maximum Gasteiger partial charge on any atom is 0.152 e. The van der Waals surface area contributed by atoms with Crippen molar-refractivity contribution in [2.75, 3.05) is 5.32 Å². The fourth-order valence-electron chi connectivity index (χ4n) is 1.46. The van der Waals surface area contributed by atoms with Crippen molar-refractivity contribution < 1.29 is 13.2 Å². The highest BCUT2D eigenvalue weighted by Gasteiger charge is 2.11. The molecule has 6 heteroatoms. The summed E-state index contributed by atoms with van der Waals surface area (Å²) in [6.07, 6.45) is 1.58. The fourth-order valence-corrected chi connectivity index (χ4v) is 1.46. The molecule has 2 aromatic rings. The minimum Gasteiger partial charge on any atom is -0.375 e. The van der Waals surface area contributed by atoms with Crippen molar-refractivity contribution in [2.24, 2.45) is 7.05 Å². The molecule has 0 aliphatic heterocycles. The van der Waals surface area contributed by atoms with Crippen LogP contribution in [0, 0.1) is 17.5 Å². The van der Waals surface area contributed by atoms with Gasteiger partial charge in [-0.1, -0.05) is 0 Å². The van der Waals surface area contributed by atoms with E-state index in [2.05, 4.69) is 10.4 Å². The summed E-state index contributed by atoms with van der Waals surface area (Å²) in [5.74, 6) is -2.85. The number of nitrogens with zero attached hydrogens (tertiary/aromatic N) is 2. The Labute approximate surface area is 95.9 Å². The normalized spacial score (nSPS) is 10.6. The number of benzene rings is 1. The molecular formula is C11H10F3N3. The molecule has 1 heterocycles. The van der Waals surface area contributed by atoms with Crippen molar-refractivity contribution in [1.82, 2.24) is 9.78 Å². The third-order valence-corrected chi connectivity index (χ3v) is 2.38. The summed E-state index contributed by atoms with van der Waals surface area (Å²) in [5.41, 5.74) is 0.417. The standard InChI is InChI=1S/C11H10F3N3/c1-17-8(2-3-16-17)6-15-11-9(13)4-7(12)5-10(11)14/h2-5,15H,6H2,1H3. The number of anilines is 1. The molecule has 1 aromatic carbocycles. The number of rotatable bonds is 3. The summed E-state index contributed by atoms with van der Waals surface area (Å²) < 4.78 is 40.8. The largest absolute Gasteiger partial charge is 0.375 e. The van der Waals surface area contributed by atoms with E-state index in [0.717, 1.165) is 5.69 Å². The average Bonchev–Trinajstić information content (AvgIpc) is 2.62. The topological polar surface area (TPSA) is 29.9 Å². The molecule has 0 radical (unpaired) electrons. The second kappa shape index (κ2) is 4.48. The summed E-state index contributed by atoms with van der Waals surface area (Å²) >= 11 is 0. The lowest BCUT2D eigenvalue weighted by Crippen LogP contribution is -2.08. The van der Waals surface area contributed by atoms with Crippen LogP contribution in [0.15, 0.2) is 24.4 Å². The van der Waals surface area contributed by atoms with Crippen LogP contribution in [0.2, 0.25) is 0 Å². The second-order valence-corrected chi connectivity index (χ2v) is 3.54. The minimum atomic E-state index is -0.954. The Balaban J connectivity index is 2.17. The Kier molecular flexibility index (Phi) is 3.03. The molecule has 0 spiro atoms. The van der Waals surface area contributed by atoms with Crippen LogP contribution in [0.3, 0.4) is 0 Å². The van der Waals surface area contributed by atoms with Gasteiger partial charge in [-0.2, -0.15) is 5.10 Å². The predicted molar refractivity (Wildman–Crippen MR) is 56.9 cm³/mol. The van der Waals surface area contributed by atoms with Crippen LogP contribution in [0.5, 0.6) is 0 Å². The van der Waals surface area contributed by atoms with Gasteiger partial charge in [0.1, 0.15) is 11.5 Å². The molecule has 0 atom stereocenters. The van der Waals surface area contributed by atoms with E-state index < -0.39 is 17.5 Å². The van der Waals surface area contributed by atoms with Crippen LogP contribution < -0.4 is 5.32 Å². The second-order valence-electron chi connectivity index (χ2n) is 3.54. The van der Waals surface area contributed by atoms with Crippen molar-refractivity contribution in [2.45, 2.75) is 6.54 Å². The van der Waals surface area contributed by atoms with Crippen molar-refractivity contribution in [1.29, 1.82) is 0 Å². The maximum absolute atomic E-state index is 13.3. The lowest BCUT2D eigenvalue weighted by molar-refractivity contribution is 0.546. The van der Waals surface area contributed by atoms with Crippen LogP contribution in [0.1, 0.15) is 5.69 Å². The minimum absolute atomic E-state index is 0.204. The van der Waals surface area contributed by atoms with Gasteiger partial charge in [0.15, 0.2) is 11.6 Å². The molecule has 0 saturated carbocycles. The van der Waals surface area contributed by atoms with E-state index in [1.807, 2.05) is 0 Å². The van der Waals surface area contributed by atoms with Gasteiger partial charge in [0.05, 0.1) is 12.2 Å². The van der Waals surface area contributed by atoms with E-state index in [4.69, 9.17) is 0 Å². The monoisotopic (exact) mass is 241 g/mol. The number of aromatic nitrogens is 2. The Bertz CT molecular complexity index is 514. The first kappa shape index (κ1) is 11.5. The highest BCUT2D eigenvalue weighted by Crippen LogP contribution is 2.20. The van der Waals surface area contributed by atoms with Gasteiger partial charge in [0, 0.05) is 25.4 Å². The van der Waals surface area contributed by atoms with E-state index in [1.54, 1.807) is 24.0 Å². The van der Waals surface area contributed by atoms with Crippen LogP contribution in [-0.2, 0) is 13.6 Å². The molecule has 0 saturated heterocycles. The van der Waals surface area contributed by atoms with Crippen molar-refractivity contribution >= 4 is 5.69 Å². The highest BCUT2D eigenvalue weighted by molar-refractivity contribution is 5.46. The van der Waals surface area contributed by atoms with Gasteiger partial charge in [-0.05, 0) is 6.07 Å². The zero-order chi connectivity index (χ0) is 12.4. The number of nitrogens with one attached hydrogen (secondary N) is 1. The molecule has 0 unspecified atom stereocenters. The number of hydrogen-bond acceptors (Lipinski definition) is 2. The van der Waals surface area contributed by atoms with Gasteiger partial charge < -0.3 is 5.32 Å². The summed E-state index contributed by atoms with van der Waals surface area (Å²) in [5, 5.41) is 6.49. The molecule has 0 bridgehead atoms. The molecule has 90 valence electrons. The Morgan fingerprint density at radius 3 is 2.41 bits per heavy atom. The van der Waals surface area contributed by atoms with Gasteiger partial charge in [0.25, 0.3) is 0 Å². The third-order valence-electron chi connectivity index (χ3n) is 2.38. The summed E-state index contributed by atoms with van der Waals surface area (Å²) in [6.45, 7) is 0.204. The van der Waals surface area contributed by atoms with Crippen molar-refractivity contribution in [3.05, 3.63) is 47.5 Å². The highest BCUT2D eigenvalue weighted by atomic mass is 19.1. The first-order valence-corrected chi connectivity index (χ1v) is 4.93. The smallest absolute Gasteiger partial charge is 0.152 e. The van der Waals surface area contributed by atoms with E-state index in [-0.39, 0.29) is 12.2 Å². The summed E-state index contributed by atoms with van der Waals surface area (Å²) in [6, 6.07) is 2.98. The van der Waals surface area contributed by atoms with Crippen molar-refractivity contribution in [3.63, 3.8) is 0 Å². The quantitative estimate of drug-likeness (QED) is 0.894. The molecule has 1 aromatic heterocycles. The zero-order valence-corrected chi connectivity index (χ0v) is 9.04. The Morgan fingerprint density at radius 1 is 1.24 bits per heavy atom. The van der Waals surface area contributed by atoms with Gasteiger partial charge in [-0.15, -0.1) is 0 Å². The predicted octanol–water partition coefficient (Wildman–Crippen LogP) is 2.45. The maximum atomic E-state index is 13.3. The van der Waals surface area contributed by atoms with Crippen molar-refractivity contribution in [3.8, 4) is 0 Å². The van der Waals surface area contributed by atoms with E-state index in [1.165, 1.54) is 0 Å². The third kappa shape index (κ3) is 2.41. The van der Waals surface area contributed by atoms with Crippen LogP contribution >= 0.6 is 0 Å². The molecule has 2 rings (SSSR count). The first-order chi connectivity index (χ1) is 8.08. The SMILES string of the molecule is Cn1nccc1CNc1c(F)cc(F)cc1F. The fraction of sp³-hybridized carbons (Fsp3) is 0.182. The Morgan fingerprint density at radius 2 is 1.88 bits per heavy atom. The van der Waals surface area contributed by atoms with Gasteiger partial charge in [-0.25, -0.2) is 13.2 Å². The van der Waals surface area contributed by atoms with Crippen LogP contribution in [0.4, 0.5) is 18.9 Å². The van der Waals surface area contributed by atoms with Gasteiger partial charge in [-0.3, -0.25) is 4.68 Å². The van der Waals surface area contributed by atoms with Gasteiger partial charge in [0.2, 0.25) is 0 Å². The molecule has 3 nitrogen and oxygen atoms in total. The molecule has 0 fully saturated rings. The summed E-state index contributed by atoms with van der Waals surface area (Å²) in [4.78, 5) is 0. The first-order valence-electron chi connectivity index (χ1n) is 4.93. The molecule has 17 heavy (non-hydrogen) atoms. The van der Waals surface area contributed by atoms with E-state index in [0.29, 0.717) is 12.1 Å². The van der Waals surface area contributed by atoms with Crippen LogP contribution in [-0.4, -0.2) is 9.78 Å². The van der Waals surface area contributed by atoms with E-state index >= 15 is 0 Å². The lowest BCUT2D eigenvalue weighted by atomic mass is 10.2. The average molecular weight is 241 g/mol.